The molecule has 0 radical (unpaired) electrons. The molecule has 2 unspecified atom stereocenters. The molecule has 2 atom stereocenters. The van der Waals surface area contributed by atoms with Gasteiger partial charge in [0.25, 0.3) is 0 Å². The molecular formula is C13H21N3O4S. The monoisotopic (exact) mass is 315 g/mol. The third-order valence-electron chi connectivity index (χ3n) is 4.15. The van der Waals surface area contributed by atoms with Crippen LogP contribution in [0.1, 0.15) is 48.8 Å². The number of carboxylic acid groups (broad SMARTS) is 1. The Balaban J connectivity index is 2.38. The van der Waals surface area contributed by atoms with Gasteiger partial charge in [-0.15, -0.1) is 0 Å². The van der Waals surface area contributed by atoms with Crippen LogP contribution >= 0.6 is 0 Å². The summed E-state index contributed by atoms with van der Waals surface area (Å²) in [6, 6.07) is -0.0882. The highest BCUT2D eigenvalue weighted by molar-refractivity contribution is 7.89. The Kier molecular flexibility index (Phi) is 4.38. The Labute approximate surface area is 124 Å². The number of hydrogen-bond donors (Lipinski definition) is 2. The molecule has 1 aliphatic rings. The van der Waals surface area contributed by atoms with Gasteiger partial charge >= 0.3 is 5.97 Å². The van der Waals surface area contributed by atoms with Gasteiger partial charge in [-0.25, -0.2) is 13.2 Å². The second-order valence-electron chi connectivity index (χ2n) is 5.78. The Morgan fingerprint density at radius 1 is 1.43 bits per heavy atom. The molecule has 0 spiro atoms. The summed E-state index contributed by atoms with van der Waals surface area (Å²) in [6.45, 7) is 3.63. The molecule has 0 bridgehead atoms. The van der Waals surface area contributed by atoms with Crippen LogP contribution < -0.4 is 0 Å². The van der Waals surface area contributed by atoms with Gasteiger partial charge in [0.15, 0.2) is 5.69 Å². The normalized spacial score (nSPS) is 23.4. The minimum Gasteiger partial charge on any atom is -0.476 e. The van der Waals surface area contributed by atoms with Crippen molar-refractivity contribution in [2.24, 2.45) is 5.92 Å². The lowest BCUT2D eigenvalue weighted by atomic mass is 9.87. The van der Waals surface area contributed by atoms with Crippen LogP contribution in [0, 0.1) is 12.8 Å². The highest BCUT2D eigenvalue weighted by Crippen LogP contribution is 2.31. The van der Waals surface area contributed by atoms with Crippen molar-refractivity contribution >= 4 is 16.0 Å². The molecule has 2 N–H and O–H groups in total. The number of aromatic nitrogens is 2. The van der Waals surface area contributed by atoms with Gasteiger partial charge in [-0.2, -0.15) is 9.40 Å². The van der Waals surface area contributed by atoms with Crippen molar-refractivity contribution in [1.82, 2.24) is 14.5 Å². The van der Waals surface area contributed by atoms with Crippen molar-refractivity contribution < 1.29 is 18.3 Å². The Morgan fingerprint density at radius 3 is 2.67 bits per heavy atom. The highest BCUT2D eigenvalue weighted by Gasteiger charge is 2.36. The fraction of sp³-hybridized carbons (Fsp3) is 0.692. The maximum absolute atomic E-state index is 12.7. The van der Waals surface area contributed by atoms with E-state index in [-0.39, 0.29) is 16.6 Å². The predicted octanol–water partition coefficient (Wildman–Crippen LogP) is 1.62. The van der Waals surface area contributed by atoms with E-state index >= 15 is 0 Å². The molecule has 1 fully saturated rings. The van der Waals surface area contributed by atoms with Crippen molar-refractivity contribution in [3.05, 3.63) is 11.4 Å². The van der Waals surface area contributed by atoms with Crippen molar-refractivity contribution in [1.29, 1.82) is 0 Å². The van der Waals surface area contributed by atoms with E-state index < -0.39 is 21.7 Å². The van der Waals surface area contributed by atoms with Crippen LogP contribution in [0.4, 0.5) is 0 Å². The zero-order valence-electron chi connectivity index (χ0n) is 12.5. The number of hydrogen-bond acceptors (Lipinski definition) is 4. The molecule has 118 valence electrons. The summed E-state index contributed by atoms with van der Waals surface area (Å²) in [4.78, 5) is 10.9. The minimum atomic E-state index is -3.87. The van der Waals surface area contributed by atoms with Crippen molar-refractivity contribution in [2.45, 2.75) is 50.5 Å². The number of aryl methyl sites for hydroxylation is 1. The maximum Gasteiger partial charge on any atom is 0.357 e. The van der Waals surface area contributed by atoms with Gasteiger partial charge in [-0.05, 0) is 25.7 Å². The molecule has 0 amide bonds. The average Bonchev–Trinajstić information content (AvgIpc) is 2.80. The molecule has 1 aromatic rings. The second kappa shape index (κ2) is 5.76. The second-order valence-corrected chi connectivity index (χ2v) is 7.71. The van der Waals surface area contributed by atoms with Crippen LogP contribution in [0.15, 0.2) is 4.90 Å². The Morgan fingerprint density at radius 2 is 2.10 bits per heavy atom. The molecule has 2 rings (SSSR count). The van der Waals surface area contributed by atoms with Gasteiger partial charge in [0.2, 0.25) is 10.0 Å². The van der Waals surface area contributed by atoms with Gasteiger partial charge in [-0.1, -0.05) is 19.8 Å². The SMILES string of the molecule is Cc1[nH]nc(C(=O)O)c1S(=O)(=O)N(C)C1CCCC(C)C1. The molecular weight excluding hydrogens is 294 g/mol. The zero-order valence-corrected chi connectivity index (χ0v) is 13.3. The van der Waals surface area contributed by atoms with Crippen LogP contribution in [-0.2, 0) is 10.0 Å². The summed E-state index contributed by atoms with van der Waals surface area (Å²) >= 11 is 0. The molecule has 21 heavy (non-hydrogen) atoms. The van der Waals surface area contributed by atoms with E-state index in [1.54, 1.807) is 0 Å². The quantitative estimate of drug-likeness (QED) is 0.878. The number of nitrogens with one attached hydrogen (secondary N) is 1. The van der Waals surface area contributed by atoms with Crippen molar-refractivity contribution in [2.75, 3.05) is 7.05 Å². The highest BCUT2D eigenvalue weighted by atomic mass is 32.2. The molecule has 1 aromatic heterocycles. The first-order valence-corrected chi connectivity index (χ1v) is 8.45. The van der Waals surface area contributed by atoms with E-state index in [0.717, 1.165) is 25.7 Å². The first kappa shape index (κ1) is 16.0. The van der Waals surface area contributed by atoms with E-state index in [4.69, 9.17) is 5.11 Å². The van der Waals surface area contributed by atoms with E-state index in [1.807, 2.05) is 0 Å². The summed E-state index contributed by atoms with van der Waals surface area (Å²) in [7, 11) is -2.34. The molecule has 1 heterocycles. The Bertz CT molecular complexity index is 638. The molecule has 1 aliphatic carbocycles. The smallest absolute Gasteiger partial charge is 0.357 e. The van der Waals surface area contributed by atoms with Crippen LogP contribution in [0.3, 0.4) is 0 Å². The molecule has 0 saturated heterocycles. The number of carboxylic acids is 1. The largest absolute Gasteiger partial charge is 0.476 e. The maximum atomic E-state index is 12.7. The van der Waals surface area contributed by atoms with Crippen LogP contribution in [0.2, 0.25) is 0 Å². The lowest BCUT2D eigenvalue weighted by Gasteiger charge is -2.33. The van der Waals surface area contributed by atoms with Gasteiger partial charge in [0.1, 0.15) is 4.90 Å². The van der Waals surface area contributed by atoms with Gasteiger partial charge < -0.3 is 5.11 Å². The van der Waals surface area contributed by atoms with E-state index in [9.17, 15) is 13.2 Å². The lowest BCUT2D eigenvalue weighted by Crippen LogP contribution is -2.40. The van der Waals surface area contributed by atoms with Crippen LogP contribution in [-0.4, -0.2) is 47.1 Å². The summed E-state index contributed by atoms with van der Waals surface area (Å²) in [5.41, 5.74) is -0.189. The van der Waals surface area contributed by atoms with Crippen molar-refractivity contribution in [3.8, 4) is 0 Å². The van der Waals surface area contributed by atoms with E-state index in [1.165, 1.54) is 18.3 Å². The fourth-order valence-electron chi connectivity index (χ4n) is 2.95. The summed E-state index contributed by atoms with van der Waals surface area (Å²) in [5.74, 6) is -0.867. The van der Waals surface area contributed by atoms with E-state index in [2.05, 4.69) is 17.1 Å². The van der Waals surface area contributed by atoms with Gasteiger partial charge in [-0.3, -0.25) is 5.10 Å². The fourth-order valence-corrected chi connectivity index (χ4v) is 4.63. The van der Waals surface area contributed by atoms with Crippen molar-refractivity contribution in [3.63, 3.8) is 0 Å². The number of aromatic carboxylic acids is 1. The molecule has 8 heteroatoms. The zero-order chi connectivity index (χ0) is 15.8. The summed E-state index contributed by atoms with van der Waals surface area (Å²) < 4.78 is 26.8. The number of rotatable bonds is 4. The van der Waals surface area contributed by atoms with Gasteiger partial charge in [0.05, 0.1) is 5.69 Å². The third kappa shape index (κ3) is 2.96. The Hall–Kier alpha value is -1.41. The first-order chi connectivity index (χ1) is 9.75. The summed E-state index contributed by atoms with van der Waals surface area (Å²) in [5, 5.41) is 15.2. The standard InChI is InChI=1S/C13H21N3O4S/c1-8-5-4-6-10(7-8)16(3)21(19,20)12-9(2)14-15-11(12)13(17)18/h8,10H,4-7H2,1-3H3,(H,14,15)(H,17,18). The lowest BCUT2D eigenvalue weighted by molar-refractivity contribution is 0.0686. The minimum absolute atomic E-state index is 0.0882. The molecule has 7 nitrogen and oxygen atoms in total. The number of nitrogens with zero attached hydrogens (tertiary/aromatic N) is 2. The number of carbonyl (C=O) groups is 1. The predicted molar refractivity (Wildman–Crippen MR) is 76.7 cm³/mol. The number of sulfonamides is 1. The average molecular weight is 315 g/mol. The summed E-state index contributed by atoms with van der Waals surface area (Å²) in [6.07, 6.45) is 3.70. The number of H-pyrrole nitrogens is 1. The first-order valence-electron chi connectivity index (χ1n) is 7.01. The molecule has 1 saturated carbocycles. The number of aromatic amines is 1. The molecule has 0 aromatic carbocycles. The van der Waals surface area contributed by atoms with E-state index in [0.29, 0.717) is 5.92 Å². The van der Waals surface area contributed by atoms with Crippen LogP contribution in [0.25, 0.3) is 0 Å². The molecule has 0 aliphatic heterocycles. The van der Waals surface area contributed by atoms with Gasteiger partial charge in [0, 0.05) is 13.1 Å². The topological polar surface area (TPSA) is 103 Å². The third-order valence-corrected chi connectivity index (χ3v) is 6.23. The van der Waals surface area contributed by atoms with Crippen LogP contribution in [0.5, 0.6) is 0 Å².